The number of aliphatic hydroxyl groups is 2. The predicted octanol–water partition coefficient (Wildman–Crippen LogP) is 23.9. The quantitative estimate of drug-likeness (QED) is 0.0320. The number of hydrogen-bond donors (Lipinski definition) is 3. The minimum absolute atomic E-state index is 0.0143. The van der Waals surface area contributed by atoms with Crippen LogP contribution in [0.5, 0.6) is 0 Å². The van der Waals surface area contributed by atoms with Gasteiger partial charge < -0.3 is 20.3 Å². The van der Waals surface area contributed by atoms with Crippen LogP contribution in [0.1, 0.15) is 406 Å². The van der Waals surface area contributed by atoms with Crippen molar-refractivity contribution in [3.05, 3.63) is 36.5 Å². The van der Waals surface area contributed by atoms with Crippen molar-refractivity contribution in [2.75, 3.05) is 13.2 Å². The smallest absolute Gasteiger partial charge is 0.305 e. The second-order valence-electron chi connectivity index (χ2n) is 25.3. The van der Waals surface area contributed by atoms with E-state index in [0.29, 0.717) is 25.9 Å². The summed E-state index contributed by atoms with van der Waals surface area (Å²) in [7, 11) is 0. The van der Waals surface area contributed by atoms with Gasteiger partial charge in [-0.1, -0.05) is 346 Å². The van der Waals surface area contributed by atoms with Gasteiger partial charge in [0.25, 0.3) is 0 Å². The van der Waals surface area contributed by atoms with Gasteiger partial charge in [-0.15, -0.1) is 0 Å². The highest BCUT2D eigenvalue weighted by atomic mass is 16.5. The number of aliphatic hydroxyl groups excluding tert-OH is 2. The van der Waals surface area contributed by atoms with Crippen LogP contribution in [0.15, 0.2) is 36.5 Å². The zero-order valence-corrected chi connectivity index (χ0v) is 54.8. The Hall–Kier alpha value is -1.92. The fraction of sp³-hybridized carbons (Fsp3) is 0.893. The molecule has 0 aliphatic rings. The van der Waals surface area contributed by atoms with E-state index in [1.165, 1.54) is 321 Å². The second-order valence-corrected chi connectivity index (χ2v) is 25.3. The standard InChI is InChI=1S/C75H143NO5/c1-3-5-7-9-11-13-15-16-17-18-39-42-45-49-53-57-61-65-69-75(80)81-70-66-62-58-54-50-46-43-40-37-35-33-31-29-27-25-23-21-19-20-22-24-26-28-30-32-34-36-38-41-44-48-52-56-60-64-68-74(79)76-72(71-77)73(78)67-63-59-55-51-47-14-12-10-8-6-4-2/h17-18,21,23,27,29,72-73,77-78H,3-16,19-20,22,24-26,28,30-71H2,1-2H3,(H,76,79)/b18-17-,23-21-,29-27-. The number of esters is 1. The van der Waals surface area contributed by atoms with E-state index in [-0.39, 0.29) is 18.5 Å². The maximum absolute atomic E-state index is 12.5. The lowest BCUT2D eigenvalue weighted by molar-refractivity contribution is -0.143. The first-order chi connectivity index (χ1) is 40.0. The molecule has 0 aromatic heterocycles. The Morgan fingerprint density at radius 3 is 0.951 bits per heavy atom. The number of ether oxygens (including phenoxy) is 1. The number of rotatable bonds is 69. The van der Waals surface area contributed by atoms with Gasteiger partial charge in [0.1, 0.15) is 0 Å². The summed E-state index contributed by atoms with van der Waals surface area (Å²) in [4.78, 5) is 24.6. The molecule has 0 radical (unpaired) electrons. The molecule has 0 heterocycles. The molecule has 0 aliphatic carbocycles. The van der Waals surface area contributed by atoms with Crippen LogP contribution in [0.25, 0.3) is 0 Å². The first-order valence-corrected chi connectivity index (χ1v) is 36.7. The molecule has 0 aromatic rings. The Bertz CT molecular complexity index is 1310. The third-order valence-corrected chi connectivity index (χ3v) is 17.2. The molecule has 0 bridgehead atoms. The summed E-state index contributed by atoms with van der Waals surface area (Å²) in [5.41, 5.74) is 0. The third kappa shape index (κ3) is 67.1. The Morgan fingerprint density at radius 1 is 0.346 bits per heavy atom. The lowest BCUT2D eigenvalue weighted by Crippen LogP contribution is -2.45. The molecule has 2 atom stereocenters. The Kier molecular flexibility index (Phi) is 68.9. The van der Waals surface area contributed by atoms with Crippen molar-refractivity contribution >= 4 is 11.9 Å². The fourth-order valence-corrected chi connectivity index (χ4v) is 11.6. The van der Waals surface area contributed by atoms with Gasteiger partial charge in [0.2, 0.25) is 5.91 Å². The monoisotopic (exact) mass is 1140 g/mol. The van der Waals surface area contributed by atoms with Crippen LogP contribution in [-0.4, -0.2) is 47.4 Å². The van der Waals surface area contributed by atoms with Crippen molar-refractivity contribution in [1.82, 2.24) is 5.32 Å². The molecule has 6 nitrogen and oxygen atoms in total. The number of nitrogens with one attached hydrogen (secondary N) is 1. The van der Waals surface area contributed by atoms with Crippen molar-refractivity contribution in [3.8, 4) is 0 Å². The molecule has 1 amide bonds. The predicted molar refractivity (Wildman–Crippen MR) is 356 cm³/mol. The van der Waals surface area contributed by atoms with E-state index in [2.05, 4.69) is 55.6 Å². The average molecular weight is 1140 g/mol. The number of allylic oxidation sites excluding steroid dienone is 6. The maximum Gasteiger partial charge on any atom is 0.305 e. The second kappa shape index (κ2) is 70.6. The van der Waals surface area contributed by atoms with Crippen molar-refractivity contribution in [1.29, 1.82) is 0 Å². The van der Waals surface area contributed by atoms with E-state index in [1.807, 2.05) is 0 Å². The van der Waals surface area contributed by atoms with E-state index in [1.54, 1.807) is 0 Å². The molecular weight excluding hydrogens is 995 g/mol. The van der Waals surface area contributed by atoms with Gasteiger partial charge in [-0.05, 0) is 83.5 Å². The van der Waals surface area contributed by atoms with Gasteiger partial charge in [0.15, 0.2) is 0 Å². The Morgan fingerprint density at radius 2 is 0.617 bits per heavy atom. The van der Waals surface area contributed by atoms with Crippen LogP contribution in [-0.2, 0) is 14.3 Å². The first kappa shape index (κ1) is 79.1. The van der Waals surface area contributed by atoms with Crippen molar-refractivity contribution in [3.63, 3.8) is 0 Å². The molecule has 0 aromatic carbocycles. The minimum Gasteiger partial charge on any atom is -0.466 e. The van der Waals surface area contributed by atoms with Crippen LogP contribution in [0.2, 0.25) is 0 Å². The summed E-state index contributed by atoms with van der Waals surface area (Å²) in [6, 6.07) is -0.538. The minimum atomic E-state index is -0.661. The SMILES string of the molecule is CCCCCCCCC/C=C\CCCCCCCCCC(=O)OCCCCCCCCCCCCC/C=C\C/C=C\CCCCCCCCCCCCCCCCCCCC(=O)NC(CO)C(O)CCCCCCCCCCCCC. The van der Waals surface area contributed by atoms with Crippen molar-refractivity contribution in [2.45, 2.75) is 418 Å². The molecule has 0 aliphatic heterocycles. The molecule has 0 spiro atoms. The van der Waals surface area contributed by atoms with Gasteiger partial charge in [-0.25, -0.2) is 0 Å². The van der Waals surface area contributed by atoms with Crippen LogP contribution in [0, 0.1) is 0 Å². The maximum atomic E-state index is 12.5. The summed E-state index contributed by atoms with van der Waals surface area (Å²) in [6.45, 7) is 4.97. The number of unbranched alkanes of at least 4 members (excludes halogenated alkanes) is 52. The lowest BCUT2D eigenvalue weighted by atomic mass is 10.0. The molecule has 81 heavy (non-hydrogen) atoms. The Labute approximate surface area is 506 Å². The molecule has 2 unspecified atom stereocenters. The van der Waals surface area contributed by atoms with Gasteiger partial charge in [-0.3, -0.25) is 9.59 Å². The topological polar surface area (TPSA) is 95.9 Å². The van der Waals surface area contributed by atoms with Crippen molar-refractivity contribution in [2.24, 2.45) is 0 Å². The molecule has 3 N–H and O–H groups in total. The molecular formula is C75H143NO5. The van der Waals surface area contributed by atoms with Crippen LogP contribution in [0.3, 0.4) is 0 Å². The number of amides is 1. The molecule has 0 fully saturated rings. The summed E-state index contributed by atoms with van der Waals surface area (Å²) >= 11 is 0. The molecule has 0 saturated carbocycles. The zero-order chi connectivity index (χ0) is 58.5. The number of carbonyl (C=O) groups excluding carboxylic acids is 2. The van der Waals surface area contributed by atoms with Crippen LogP contribution >= 0.6 is 0 Å². The van der Waals surface area contributed by atoms with Crippen LogP contribution < -0.4 is 5.32 Å². The Balaban J connectivity index is 3.34. The summed E-state index contributed by atoms with van der Waals surface area (Å²) < 4.78 is 5.51. The van der Waals surface area contributed by atoms with E-state index >= 15 is 0 Å². The summed E-state index contributed by atoms with van der Waals surface area (Å²) in [6.07, 6.45) is 90.8. The van der Waals surface area contributed by atoms with Gasteiger partial charge in [0.05, 0.1) is 25.4 Å². The first-order valence-electron chi connectivity index (χ1n) is 36.7. The number of hydrogen-bond acceptors (Lipinski definition) is 5. The third-order valence-electron chi connectivity index (χ3n) is 17.2. The molecule has 6 heteroatoms. The van der Waals surface area contributed by atoms with E-state index in [0.717, 1.165) is 51.4 Å². The van der Waals surface area contributed by atoms with E-state index in [9.17, 15) is 19.8 Å². The van der Waals surface area contributed by atoms with E-state index in [4.69, 9.17) is 4.74 Å². The van der Waals surface area contributed by atoms with Gasteiger partial charge in [-0.2, -0.15) is 0 Å². The highest BCUT2D eigenvalue weighted by Gasteiger charge is 2.20. The zero-order valence-electron chi connectivity index (χ0n) is 54.8. The van der Waals surface area contributed by atoms with Gasteiger partial charge >= 0.3 is 5.97 Å². The summed E-state index contributed by atoms with van der Waals surface area (Å²) in [5, 5.41) is 23.2. The highest BCUT2D eigenvalue weighted by molar-refractivity contribution is 5.76. The molecule has 0 saturated heterocycles. The van der Waals surface area contributed by atoms with Crippen molar-refractivity contribution < 1.29 is 24.5 Å². The highest BCUT2D eigenvalue weighted by Crippen LogP contribution is 2.19. The normalized spacial score (nSPS) is 12.7. The lowest BCUT2D eigenvalue weighted by Gasteiger charge is -2.22. The number of carbonyl (C=O) groups is 2. The molecule has 478 valence electrons. The summed E-state index contributed by atoms with van der Waals surface area (Å²) in [5.74, 6) is -0.0176. The average Bonchev–Trinajstić information content (AvgIpc) is 3.47. The van der Waals surface area contributed by atoms with E-state index < -0.39 is 12.1 Å². The largest absolute Gasteiger partial charge is 0.466 e. The van der Waals surface area contributed by atoms with Gasteiger partial charge in [0, 0.05) is 12.8 Å². The fourth-order valence-electron chi connectivity index (χ4n) is 11.6. The van der Waals surface area contributed by atoms with Crippen LogP contribution in [0.4, 0.5) is 0 Å². The molecule has 0 rings (SSSR count).